The molecule has 6 heteroatoms. The second-order valence-corrected chi connectivity index (χ2v) is 13.8. The van der Waals surface area contributed by atoms with E-state index < -0.39 is 6.04 Å². The molecule has 0 saturated heterocycles. The van der Waals surface area contributed by atoms with Crippen LogP contribution in [0.5, 0.6) is 0 Å². The first-order chi connectivity index (χ1) is 25.0. The van der Waals surface area contributed by atoms with E-state index in [0.29, 0.717) is 11.3 Å². The fourth-order valence-corrected chi connectivity index (χ4v) is 7.82. The lowest BCUT2D eigenvalue weighted by Gasteiger charge is -2.33. The van der Waals surface area contributed by atoms with Gasteiger partial charge >= 0.3 is 0 Å². The number of nitrogens with one attached hydrogen (secondary N) is 3. The zero-order chi connectivity index (χ0) is 34.7. The van der Waals surface area contributed by atoms with E-state index in [1.807, 2.05) is 85.8 Å². The number of hydrogen-bond donors (Lipinski definition) is 3. The van der Waals surface area contributed by atoms with Gasteiger partial charge in [-0.15, -0.1) is 0 Å². The zero-order valence-electron chi connectivity index (χ0n) is 28.8. The summed E-state index contributed by atoms with van der Waals surface area (Å²) in [7, 11) is 0. The molecule has 254 valence electrons. The molecule has 2 amide bonds. The average Bonchev–Trinajstić information content (AvgIpc) is 3.80. The summed E-state index contributed by atoms with van der Waals surface area (Å²) in [6.07, 6.45) is 9.52. The SMILES string of the molecule is Cc1ccc(C(C(=O)NC2CCCCC2)N(C(=O)c2ccc(C(c3c[nH]c4ccccc34)c3c[nH]c4ccccc34)cc2)c2ccccc2)cc1. The molecule has 6 nitrogen and oxygen atoms in total. The topological polar surface area (TPSA) is 81.0 Å². The second kappa shape index (κ2) is 14.2. The first-order valence-electron chi connectivity index (χ1n) is 18.0. The van der Waals surface area contributed by atoms with Gasteiger partial charge in [0.15, 0.2) is 0 Å². The Bertz CT molecular complexity index is 2210. The number of aromatic amines is 2. The van der Waals surface area contributed by atoms with Crippen LogP contribution in [0.2, 0.25) is 0 Å². The largest absolute Gasteiger partial charge is 0.361 e. The quantitative estimate of drug-likeness (QED) is 0.143. The Morgan fingerprint density at radius 1 is 0.647 bits per heavy atom. The maximum Gasteiger partial charge on any atom is 0.259 e. The molecule has 1 saturated carbocycles. The number of amides is 2. The van der Waals surface area contributed by atoms with Crippen LogP contribution in [0.4, 0.5) is 5.69 Å². The van der Waals surface area contributed by atoms with Crippen LogP contribution in [-0.2, 0) is 4.79 Å². The van der Waals surface area contributed by atoms with E-state index in [1.165, 1.54) is 17.5 Å². The van der Waals surface area contributed by atoms with Gasteiger partial charge < -0.3 is 15.3 Å². The van der Waals surface area contributed by atoms with Gasteiger partial charge in [0.25, 0.3) is 5.91 Å². The van der Waals surface area contributed by atoms with Crippen molar-refractivity contribution in [1.82, 2.24) is 15.3 Å². The smallest absolute Gasteiger partial charge is 0.259 e. The van der Waals surface area contributed by atoms with E-state index >= 15 is 0 Å². The number of anilines is 1. The Morgan fingerprint density at radius 3 is 1.80 bits per heavy atom. The molecule has 3 N–H and O–H groups in total. The predicted molar refractivity (Wildman–Crippen MR) is 206 cm³/mol. The molecule has 0 radical (unpaired) electrons. The third kappa shape index (κ3) is 6.45. The highest BCUT2D eigenvalue weighted by Crippen LogP contribution is 2.40. The van der Waals surface area contributed by atoms with Crippen LogP contribution in [0.1, 0.15) is 82.2 Å². The van der Waals surface area contributed by atoms with E-state index in [1.54, 1.807) is 4.90 Å². The molecule has 5 aromatic carbocycles. The first kappa shape index (κ1) is 32.3. The van der Waals surface area contributed by atoms with Crippen molar-refractivity contribution in [3.63, 3.8) is 0 Å². The Labute approximate surface area is 298 Å². The summed E-state index contributed by atoms with van der Waals surface area (Å²) >= 11 is 0. The summed E-state index contributed by atoms with van der Waals surface area (Å²) in [6.45, 7) is 2.03. The standard InChI is InChI=1S/C45H42N4O2/c1-30-20-22-32(23-21-30)43(44(50)48-34-12-4-2-5-13-34)49(35-14-6-3-7-15-35)45(51)33-26-24-31(25-27-33)42(38-28-46-40-18-10-8-16-36(38)40)39-29-47-41-19-11-9-17-37(39)41/h3,6-11,14-29,34,42-43,46-47H,2,4-5,12-13H2,1H3,(H,48,50). The highest BCUT2D eigenvalue weighted by molar-refractivity contribution is 6.10. The number of aryl methyl sites for hydroxylation is 1. The van der Waals surface area contributed by atoms with Crippen molar-refractivity contribution in [2.75, 3.05) is 4.90 Å². The monoisotopic (exact) mass is 670 g/mol. The number of rotatable bonds is 9. The van der Waals surface area contributed by atoms with Gasteiger partial charge in [0.2, 0.25) is 5.91 Å². The normalized spacial score (nSPS) is 14.2. The van der Waals surface area contributed by atoms with Crippen molar-refractivity contribution in [3.8, 4) is 0 Å². The first-order valence-corrected chi connectivity index (χ1v) is 18.0. The minimum absolute atomic E-state index is 0.0896. The van der Waals surface area contributed by atoms with Gasteiger partial charge in [0, 0.05) is 57.4 Å². The summed E-state index contributed by atoms with van der Waals surface area (Å²) in [5.74, 6) is -0.473. The zero-order valence-corrected chi connectivity index (χ0v) is 28.8. The molecule has 1 aliphatic rings. The molecule has 51 heavy (non-hydrogen) atoms. The summed E-state index contributed by atoms with van der Waals surface area (Å²) in [5.41, 5.74) is 8.62. The van der Waals surface area contributed by atoms with Crippen LogP contribution < -0.4 is 10.2 Å². The van der Waals surface area contributed by atoms with Crippen LogP contribution in [-0.4, -0.2) is 27.8 Å². The van der Waals surface area contributed by atoms with E-state index in [0.717, 1.165) is 64.2 Å². The molecule has 1 unspecified atom stereocenters. The van der Waals surface area contributed by atoms with Gasteiger partial charge in [-0.2, -0.15) is 0 Å². The lowest BCUT2D eigenvalue weighted by molar-refractivity contribution is -0.123. The van der Waals surface area contributed by atoms with Gasteiger partial charge in [-0.25, -0.2) is 0 Å². The summed E-state index contributed by atoms with van der Waals surface area (Å²) in [4.78, 5) is 37.8. The molecule has 2 aromatic heterocycles. The maximum absolute atomic E-state index is 14.8. The lowest BCUT2D eigenvalue weighted by atomic mass is 9.84. The van der Waals surface area contributed by atoms with Crippen LogP contribution in [0.25, 0.3) is 21.8 Å². The Morgan fingerprint density at radius 2 is 1.20 bits per heavy atom. The van der Waals surface area contributed by atoms with Crippen molar-refractivity contribution in [2.24, 2.45) is 0 Å². The highest BCUT2D eigenvalue weighted by atomic mass is 16.2. The number of para-hydroxylation sites is 3. The van der Waals surface area contributed by atoms with Gasteiger partial charge in [-0.05, 0) is 78.4 Å². The number of carbonyl (C=O) groups excluding carboxylic acids is 2. The Kier molecular flexibility index (Phi) is 8.98. The molecule has 1 aliphatic carbocycles. The summed E-state index contributed by atoms with van der Waals surface area (Å²) in [6, 6.07) is 41.5. The van der Waals surface area contributed by atoms with Gasteiger partial charge in [-0.3, -0.25) is 14.5 Å². The number of H-pyrrole nitrogens is 2. The van der Waals surface area contributed by atoms with Crippen molar-refractivity contribution in [1.29, 1.82) is 0 Å². The van der Waals surface area contributed by atoms with Gasteiger partial charge in [0.05, 0.1) is 0 Å². The summed E-state index contributed by atoms with van der Waals surface area (Å²) < 4.78 is 0. The molecule has 0 bridgehead atoms. The van der Waals surface area contributed by atoms with E-state index in [9.17, 15) is 9.59 Å². The van der Waals surface area contributed by atoms with Crippen LogP contribution in [0.15, 0.2) is 140 Å². The Balaban J connectivity index is 1.20. The average molecular weight is 671 g/mol. The second-order valence-electron chi connectivity index (χ2n) is 13.8. The van der Waals surface area contributed by atoms with Crippen LogP contribution in [0.3, 0.4) is 0 Å². The van der Waals surface area contributed by atoms with Crippen LogP contribution in [0, 0.1) is 6.92 Å². The third-order valence-corrected chi connectivity index (χ3v) is 10.5. The molecular weight excluding hydrogens is 629 g/mol. The van der Waals surface area contributed by atoms with Gasteiger partial charge in [0.1, 0.15) is 6.04 Å². The van der Waals surface area contributed by atoms with Crippen molar-refractivity contribution >= 4 is 39.3 Å². The van der Waals surface area contributed by atoms with Gasteiger partial charge in [-0.1, -0.05) is 116 Å². The number of hydrogen-bond acceptors (Lipinski definition) is 2. The number of fused-ring (bicyclic) bond motifs is 2. The van der Waals surface area contributed by atoms with E-state index in [-0.39, 0.29) is 23.8 Å². The van der Waals surface area contributed by atoms with Crippen molar-refractivity contribution in [3.05, 3.63) is 173 Å². The van der Waals surface area contributed by atoms with E-state index in [4.69, 9.17) is 0 Å². The highest BCUT2D eigenvalue weighted by Gasteiger charge is 2.35. The van der Waals surface area contributed by atoms with Crippen LogP contribution >= 0.6 is 0 Å². The third-order valence-electron chi connectivity index (χ3n) is 10.5. The number of aromatic nitrogens is 2. The molecule has 7 aromatic rings. The lowest BCUT2D eigenvalue weighted by Crippen LogP contribution is -2.47. The molecular formula is C45H42N4O2. The number of nitrogens with zero attached hydrogens (tertiary/aromatic N) is 1. The van der Waals surface area contributed by atoms with Crippen molar-refractivity contribution in [2.45, 2.75) is 57.0 Å². The fourth-order valence-electron chi connectivity index (χ4n) is 7.82. The minimum Gasteiger partial charge on any atom is -0.361 e. The van der Waals surface area contributed by atoms with E-state index in [2.05, 4.69) is 76.2 Å². The fraction of sp³-hybridized carbons (Fsp3) is 0.200. The molecule has 1 fully saturated rings. The molecule has 0 aliphatic heterocycles. The molecule has 2 heterocycles. The number of benzene rings is 5. The summed E-state index contributed by atoms with van der Waals surface area (Å²) in [5, 5.41) is 5.65. The Hall–Kier alpha value is -5.88. The minimum atomic E-state index is -0.840. The number of carbonyl (C=O) groups is 2. The predicted octanol–water partition coefficient (Wildman–Crippen LogP) is 9.97. The molecule has 0 spiro atoms. The maximum atomic E-state index is 14.8. The van der Waals surface area contributed by atoms with Crippen molar-refractivity contribution < 1.29 is 9.59 Å². The molecule has 1 atom stereocenters. The molecule has 8 rings (SSSR count).